The van der Waals surface area contributed by atoms with Gasteiger partial charge in [0.2, 0.25) is 5.91 Å². The molecule has 0 saturated carbocycles. The maximum absolute atomic E-state index is 12.1. The van der Waals surface area contributed by atoms with Crippen LogP contribution in [0.25, 0.3) is 0 Å². The summed E-state index contributed by atoms with van der Waals surface area (Å²) < 4.78 is 2.12. The van der Waals surface area contributed by atoms with E-state index >= 15 is 0 Å². The number of anilines is 1. The highest BCUT2D eigenvalue weighted by Crippen LogP contribution is 2.20. The number of nitrogens with one attached hydrogen (secondary N) is 2. The van der Waals surface area contributed by atoms with Crippen LogP contribution in [0.2, 0.25) is 0 Å². The second-order valence-corrected chi connectivity index (χ2v) is 5.63. The van der Waals surface area contributed by atoms with Crippen molar-refractivity contribution in [1.82, 2.24) is 19.7 Å². The zero-order valence-electron chi connectivity index (χ0n) is 12.6. The average Bonchev–Trinajstić information content (AvgIpc) is 3.02. The SMILES string of the molecule is Cc1n[nH]c(C)c1CCC(=O)Nc1cnc2n1CCCC2. The van der Waals surface area contributed by atoms with Crippen LogP contribution in [0.5, 0.6) is 0 Å². The number of aromatic amines is 1. The van der Waals surface area contributed by atoms with Gasteiger partial charge in [-0.2, -0.15) is 5.10 Å². The van der Waals surface area contributed by atoms with E-state index < -0.39 is 0 Å². The predicted molar refractivity (Wildman–Crippen MR) is 80.2 cm³/mol. The molecular weight excluding hydrogens is 266 g/mol. The molecule has 1 aliphatic heterocycles. The molecular formula is C15H21N5O. The number of carbonyl (C=O) groups is 1. The summed E-state index contributed by atoms with van der Waals surface area (Å²) in [6.45, 7) is 4.90. The molecule has 0 aliphatic carbocycles. The maximum Gasteiger partial charge on any atom is 0.225 e. The molecule has 3 rings (SSSR count). The summed E-state index contributed by atoms with van der Waals surface area (Å²) in [5.74, 6) is 1.94. The quantitative estimate of drug-likeness (QED) is 0.904. The predicted octanol–water partition coefficient (Wildman–Crippen LogP) is 2.13. The number of fused-ring (bicyclic) bond motifs is 1. The summed E-state index contributed by atoms with van der Waals surface area (Å²) in [7, 11) is 0. The van der Waals surface area contributed by atoms with Gasteiger partial charge in [-0.25, -0.2) is 4.98 Å². The molecule has 0 unspecified atom stereocenters. The lowest BCUT2D eigenvalue weighted by Gasteiger charge is -2.16. The first-order valence-electron chi connectivity index (χ1n) is 7.50. The number of aryl methyl sites for hydroxylation is 3. The minimum atomic E-state index is 0.0308. The molecule has 0 saturated heterocycles. The zero-order valence-corrected chi connectivity index (χ0v) is 12.6. The van der Waals surface area contributed by atoms with Crippen molar-refractivity contribution in [1.29, 1.82) is 0 Å². The van der Waals surface area contributed by atoms with Crippen LogP contribution in [0, 0.1) is 13.8 Å². The lowest BCUT2D eigenvalue weighted by atomic mass is 10.1. The van der Waals surface area contributed by atoms with Crippen LogP contribution in [0.3, 0.4) is 0 Å². The Bertz CT molecular complexity index is 636. The number of rotatable bonds is 4. The van der Waals surface area contributed by atoms with Gasteiger partial charge in [0.15, 0.2) is 0 Å². The molecule has 6 nitrogen and oxygen atoms in total. The molecule has 0 atom stereocenters. The van der Waals surface area contributed by atoms with Crippen molar-refractivity contribution in [3.8, 4) is 0 Å². The monoisotopic (exact) mass is 287 g/mol. The van der Waals surface area contributed by atoms with Crippen LogP contribution >= 0.6 is 0 Å². The number of amides is 1. The van der Waals surface area contributed by atoms with E-state index in [0.29, 0.717) is 12.8 Å². The van der Waals surface area contributed by atoms with E-state index in [1.165, 1.54) is 6.42 Å². The summed E-state index contributed by atoms with van der Waals surface area (Å²) >= 11 is 0. The summed E-state index contributed by atoms with van der Waals surface area (Å²) in [5.41, 5.74) is 3.16. The molecule has 1 aliphatic rings. The molecule has 0 bridgehead atoms. The van der Waals surface area contributed by atoms with Gasteiger partial charge in [0.25, 0.3) is 0 Å². The van der Waals surface area contributed by atoms with E-state index in [9.17, 15) is 4.79 Å². The molecule has 112 valence electrons. The topological polar surface area (TPSA) is 75.6 Å². The van der Waals surface area contributed by atoms with Crippen molar-refractivity contribution in [2.75, 3.05) is 5.32 Å². The highest BCUT2D eigenvalue weighted by molar-refractivity contribution is 5.90. The fraction of sp³-hybridized carbons (Fsp3) is 0.533. The summed E-state index contributed by atoms with van der Waals surface area (Å²) in [6, 6.07) is 0. The van der Waals surface area contributed by atoms with E-state index in [1.807, 2.05) is 13.8 Å². The maximum atomic E-state index is 12.1. The lowest BCUT2D eigenvalue weighted by molar-refractivity contribution is -0.116. The number of aromatic nitrogens is 4. The van der Waals surface area contributed by atoms with E-state index in [1.54, 1.807) is 6.20 Å². The van der Waals surface area contributed by atoms with Crippen molar-refractivity contribution in [2.45, 2.75) is 52.5 Å². The van der Waals surface area contributed by atoms with Gasteiger partial charge < -0.3 is 9.88 Å². The van der Waals surface area contributed by atoms with Gasteiger partial charge in [0.05, 0.1) is 11.9 Å². The van der Waals surface area contributed by atoms with Crippen LogP contribution in [0.4, 0.5) is 5.82 Å². The van der Waals surface area contributed by atoms with Crippen molar-refractivity contribution in [3.63, 3.8) is 0 Å². The molecule has 0 radical (unpaired) electrons. The summed E-state index contributed by atoms with van der Waals surface area (Å²) in [6.07, 6.45) is 6.28. The van der Waals surface area contributed by atoms with Gasteiger partial charge >= 0.3 is 0 Å². The van der Waals surface area contributed by atoms with Crippen molar-refractivity contribution < 1.29 is 4.79 Å². The molecule has 0 fully saturated rings. The highest BCUT2D eigenvalue weighted by Gasteiger charge is 2.16. The van der Waals surface area contributed by atoms with E-state index in [0.717, 1.165) is 48.0 Å². The third-order valence-corrected chi connectivity index (χ3v) is 4.12. The third kappa shape index (κ3) is 2.84. The van der Waals surface area contributed by atoms with Gasteiger partial charge in [0.1, 0.15) is 11.6 Å². The minimum absolute atomic E-state index is 0.0308. The molecule has 0 spiro atoms. The molecule has 6 heteroatoms. The lowest BCUT2D eigenvalue weighted by Crippen LogP contribution is -2.18. The second-order valence-electron chi connectivity index (χ2n) is 5.63. The Balaban J connectivity index is 1.61. The Morgan fingerprint density at radius 3 is 3.05 bits per heavy atom. The Labute approximate surface area is 124 Å². The van der Waals surface area contributed by atoms with Crippen LogP contribution in [-0.4, -0.2) is 25.7 Å². The van der Waals surface area contributed by atoms with Gasteiger partial charge in [-0.05, 0) is 38.7 Å². The van der Waals surface area contributed by atoms with Crippen molar-refractivity contribution >= 4 is 11.7 Å². The van der Waals surface area contributed by atoms with E-state index in [4.69, 9.17) is 0 Å². The smallest absolute Gasteiger partial charge is 0.225 e. The van der Waals surface area contributed by atoms with Gasteiger partial charge in [-0.3, -0.25) is 9.89 Å². The minimum Gasteiger partial charge on any atom is -0.315 e. The Morgan fingerprint density at radius 1 is 1.43 bits per heavy atom. The van der Waals surface area contributed by atoms with Gasteiger partial charge in [-0.15, -0.1) is 0 Å². The number of imidazole rings is 1. The number of H-pyrrole nitrogens is 1. The first-order valence-corrected chi connectivity index (χ1v) is 7.50. The van der Waals surface area contributed by atoms with Gasteiger partial charge in [0, 0.05) is 25.1 Å². The summed E-state index contributed by atoms with van der Waals surface area (Å²) in [5, 5.41) is 10.1. The first-order chi connectivity index (χ1) is 10.1. The van der Waals surface area contributed by atoms with Crippen LogP contribution in [0.1, 0.15) is 42.0 Å². The Hall–Kier alpha value is -2.11. The summed E-state index contributed by atoms with van der Waals surface area (Å²) in [4.78, 5) is 16.5. The Kier molecular flexibility index (Phi) is 3.77. The molecule has 3 heterocycles. The largest absolute Gasteiger partial charge is 0.315 e. The van der Waals surface area contributed by atoms with Gasteiger partial charge in [-0.1, -0.05) is 0 Å². The number of hydrogen-bond donors (Lipinski definition) is 2. The molecule has 21 heavy (non-hydrogen) atoms. The average molecular weight is 287 g/mol. The molecule has 2 N–H and O–H groups in total. The standard InChI is InChI=1S/C15H21N5O/c1-10-12(11(2)19-18-10)6-7-15(21)17-14-9-16-13-5-3-4-8-20(13)14/h9H,3-8H2,1-2H3,(H,17,21)(H,18,19). The number of carbonyl (C=O) groups excluding carboxylic acids is 1. The van der Waals surface area contributed by atoms with Crippen LogP contribution < -0.4 is 5.32 Å². The molecule has 0 aromatic carbocycles. The Morgan fingerprint density at radius 2 is 2.29 bits per heavy atom. The van der Waals surface area contributed by atoms with Crippen molar-refractivity contribution in [3.05, 3.63) is 29.0 Å². The number of hydrogen-bond acceptors (Lipinski definition) is 3. The van der Waals surface area contributed by atoms with E-state index in [2.05, 4.69) is 25.1 Å². The van der Waals surface area contributed by atoms with Crippen LogP contribution in [-0.2, 0) is 24.2 Å². The van der Waals surface area contributed by atoms with E-state index in [-0.39, 0.29) is 5.91 Å². The molecule has 1 amide bonds. The zero-order chi connectivity index (χ0) is 14.8. The first kappa shape index (κ1) is 13.9. The fourth-order valence-electron chi connectivity index (χ4n) is 2.90. The molecule has 2 aromatic heterocycles. The molecule has 2 aromatic rings. The normalized spacial score (nSPS) is 14.0. The third-order valence-electron chi connectivity index (χ3n) is 4.12. The fourth-order valence-corrected chi connectivity index (χ4v) is 2.90. The highest BCUT2D eigenvalue weighted by atomic mass is 16.1. The van der Waals surface area contributed by atoms with Crippen LogP contribution in [0.15, 0.2) is 6.20 Å². The second kappa shape index (κ2) is 5.71. The van der Waals surface area contributed by atoms with Crippen molar-refractivity contribution in [2.24, 2.45) is 0 Å². The number of nitrogens with zero attached hydrogens (tertiary/aromatic N) is 3.